The van der Waals surface area contributed by atoms with Crippen molar-refractivity contribution >= 4 is 5.78 Å². The Bertz CT molecular complexity index is 795. The van der Waals surface area contributed by atoms with Crippen molar-refractivity contribution < 1.29 is 14.3 Å². The van der Waals surface area contributed by atoms with Gasteiger partial charge < -0.3 is 9.47 Å². The summed E-state index contributed by atoms with van der Waals surface area (Å²) >= 11 is 0. The van der Waals surface area contributed by atoms with Crippen molar-refractivity contribution in [3.63, 3.8) is 0 Å². The molecule has 0 amide bonds. The van der Waals surface area contributed by atoms with E-state index in [-0.39, 0.29) is 5.78 Å². The van der Waals surface area contributed by atoms with Crippen LogP contribution in [-0.2, 0) is 13.0 Å². The van der Waals surface area contributed by atoms with Gasteiger partial charge in [-0.3, -0.25) is 9.69 Å². The molecular weight excluding hydrogens is 362 g/mol. The molecule has 0 atom stereocenters. The number of likely N-dealkylation sites (tertiary alicyclic amines) is 1. The molecule has 156 valence electrons. The Kier molecular flexibility index (Phi) is 7.70. The van der Waals surface area contributed by atoms with Crippen molar-refractivity contribution in [3.05, 3.63) is 59.2 Å². The third-order valence-corrected chi connectivity index (χ3v) is 6.06. The van der Waals surface area contributed by atoms with Crippen LogP contribution in [0.15, 0.2) is 42.5 Å². The number of rotatable bonds is 5. The number of piperidine rings is 1. The van der Waals surface area contributed by atoms with Crippen LogP contribution in [-0.4, -0.2) is 38.0 Å². The highest BCUT2D eigenvalue weighted by molar-refractivity contribution is 6.01. The Morgan fingerprint density at radius 1 is 0.966 bits per heavy atom. The van der Waals surface area contributed by atoms with Crippen LogP contribution in [0, 0.1) is 5.92 Å². The zero-order valence-corrected chi connectivity index (χ0v) is 17.9. The first-order valence-electron chi connectivity index (χ1n) is 10.7. The van der Waals surface area contributed by atoms with Crippen molar-refractivity contribution in [3.8, 4) is 11.5 Å². The number of carbonyl (C=O) groups excluding carboxylic acids is 1. The van der Waals surface area contributed by atoms with Gasteiger partial charge in [0.15, 0.2) is 17.3 Å². The molecule has 0 spiro atoms. The molecule has 0 aromatic heterocycles. The van der Waals surface area contributed by atoms with Crippen LogP contribution in [0.1, 0.15) is 54.1 Å². The third kappa shape index (κ3) is 5.60. The fourth-order valence-electron chi connectivity index (χ4n) is 4.16. The highest BCUT2D eigenvalue weighted by Gasteiger charge is 2.22. The van der Waals surface area contributed by atoms with Crippen LogP contribution in [0.3, 0.4) is 0 Å². The molecule has 2 aliphatic rings. The smallest absolute Gasteiger partial charge is 0.163 e. The van der Waals surface area contributed by atoms with Gasteiger partial charge >= 0.3 is 0 Å². The first-order valence-corrected chi connectivity index (χ1v) is 10.7. The summed E-state index contributed by atoms with van der Waals surface area (Å²) in [5, 5.41) is 0. The summed E-state index contributed by atoms with van der Waals surface area (Å²) in [5.41, 5.74) is 3.29. The van der Waals surface area contributed by atoms with Crippen LogP contribution < -0.4 is 9.47 Å². The Labute approximate surface area is 174 Å². The van der Waals surface area contributed by atoms with E-state index >= 15 is 0 Å². The van der Waals surface area contributed by atoms with Gasteiger partial charge in [-0.25, -0.2) is 0 Å². The normalized spacial score (nSPS) is 16.7. The molecule has 1 saturated heterocycles. The number of hydrogen-bond donors (Lipinski definition) is 0. The van der Waals surface area contributed by atoms with E-state index in [2.05, 4.69) is 42.2 Å². The molecule has 1 fully saturated rings. The Balaban J connectivity index is 0.000000166. The second-order valence-electron chi connectivity index (χ2n) is 7.90. The monoisotopic (exact) mass is 395 g/mol. The van der Waals surface area contributed by atoms with Crippen molar-refractivity contribution in [2.24, 2.45) is 5.92 Å². The lowest BCUT2D eigenvalue weighted by atomic mass is 9.94. The highest BCUT2D eigenvalue weighted by atomic mass is 16.5. The second-order valence-corrected chi connectivity index (χ2v) is 7.90. The summed E-state index contributed by atoms with van der Waals surface area (Å²) in [7, 11) is 3.17. The predicted octanol–water partition coefficient (Wildman–Crippen LogP) is 5.14. The first kappa shape index (κ1) is 21.4. The maximum Gasteiger partial charge on any atom is 0.163 e. The topological polar surface area (TPSA) is 38.8 Å². The van der Waals surface area contributed by atoms with Gasteiger partial charge in [-0.15, -0.1) is 0 Å². The van der Waals surface area contributed by atoms with E-state index in [1.807, 2.05) is 6.07 Å². The lowest BCUT2D eigenvalue weighted by Crippen LogP contribution is -2.32. The Morgan fingerprint density at radius 3 is 2.24 bits per heavy atom. The number of methoxy groups -OCH3 is 2. The molecule has 4 rings (SSSR count). The van der Waals surface area contributed by atoms with Crippen molar-refractivity contribution in [2.45, 2.75) is 45.6 Å². The predicted molar refractivity (Wildman–Crippen MR) is 117 cm³/mol. The molecule has 1 aliphatic heterocycles. The molecule has 2 aromatic carbocycles. The molecule has 0 bridgehead atoms. The summed E-state index contributed by atoms with van der Waals surface area (Å²) in [6.45, 7) is 6.02. The molecule has 0 N–H and O–H groups in total. The van der Waals surface area contributed by atoms with E-state index in [9.17, 15) is 4.79 Å². The highest BCUT2D eigenvalue weighted by Crippen LogP contribution is 2.34. The molecule has 0 saturated carbocycles. The van der Waals surface area contributed by atoms with Gasteiger partial charge in [0.25, 0.3) is 0 Å². The molecule has 29 heavy (non-hydrogen) atoms. The van der Waals surface area contributed by atoms with Crippen LogP contribution in [0.5, 0.6) is 11.5 Å². The molecule has 2 aromatic rings. The lowest BCUT2D eigenvalue weighted by molar-refractivity contribution is 0.0994. The number of benzene rings is 2. The van der Waals surface area contributed by atoms with Crippen molar-refractivity contribution in [2.75, 3.05) is 27.3 Å². The largest absolute Gasteiger partial charge is 0.493 e. The third-order valence-electron chi connectivity index (χ3n) is 6.06. The fourth-order valence-corrected chi connectivity index (χ4v) is 4.16. The Morgan fingerprint density at radius 2 is 1.62 bits per heavy atom. The van der Waals surface area contributed by atoms with E-state index in [0.29, 0.717) is 17.9 Å². The number of ether oxygens (including phenoxy) is 2. The molecular formula is C25H33NO3. The minimum atomic E-state index is 0.195. The minimum absolute atomic E-state index is 0.195. The zero-order valence-electron chi connectivity index (χ0n) is 17.9. The van der Waals surface area contributed by atoms with E-state index < -0.39 is 0 Å². The number of Topliss-reactive ketones (excluding diaryl/α,β-unsaturated/α-hetero) is 1. The van der Waals surface area contributed by atoms with Gasteiger partial charge in [0.05, 0.1) is 14.2 Å². The molecule has 1 aliphatic carbocycles. The zero-order chi connectivity index (χ0) is 20.6. The molecule has 4 nitrogen and oxygen atoms in total. The van der Waals surface area contributed by atoms with Crippen LogP contribution in [0.2, 0.25) is 0 Å². The van der Waals surface area contributed by atoms with Gasteiger partial charge in [-0.2, -0.15) is 0 Å². The van der Waals surface area contributed by atoms with Crippen LogP contribution in [0.4, 0.5) is 0 Å². The van der Waals surface area contributed by atoms with Gasteiger partial charge in [-0.1, -0.05) is 43.7 Å². The Hall–Kier alpha value is -2.33. The van der Waals surface area contributed by atoms with Crippen LogP contribution >= 0.6 is 0 Å². The lowest BCUT2D eigenvalue weighted by Gasteiger charge is -2.31. The van der Waals surface area contributed by atoms with E-state index in [0.717, 1.165) is 30.0 Å². The average molecular weight is 396 g/mol. The molecule has 4 heteroatoms. The summed E-state index contributed by atoms with van der Waals surface area (Å²) in [4.78, 5) is 14.0. The summed E-state index contributed by atoms with van der Waals surface area (Å²) < 4.78 is 10.3. The van der Waals surface area contributed by atoms with Gasteiger partial charge in [-0.05, 0) is 61.5 Å². The van der Waals surface area contributed by atoms with Gasteiger partial charge in [0.1, 0.15) is 0 Å². The maximum absolute atomic E-state index is 11.4. The first-order chi connectivity index (χ1) is 14.1. The fraction of sp³-hybridized carbons (Fsp3) is 0.480. The molecule has 0 unspecified atom stereocenters. The summed E-state index contributed by atoms with van der Waals surface area (Å²) in [6.07, 6.45) is 5.56. The number of aryl methyl sites for hydroxylation is 1. The minimum Gasteiger partial charge on any atom is -0.493 e. The number of ketones is 1. The summed E-state index contributed by atoms with van der Waals surface area (Å²) in [6, 6.07) is 14.5. The number of fused-ring (bicyclic) bond motifs is 1. The van der Waals surface area contributed by atoms with E-state index in [1.54, 1.807) is 20.3 Å². The van der Waals surface area contributed by atoms with E-state index in [4.69, 9.17) is 9.47 Å². The molecule has 0 radical (unpaired) electrons. The van der Waals surface area contributed by atoms with Gasteiger partial charge in [0, 0.05) is 18.5 Å². The van der Waals surface area contributed by atoms with Crippen LogP contribution in [0.25, 0.3) is 0 Å². The quantitative estimate of drug-likeness (QED) is 0.702. The van der Waals surface area contributed by atoms with Crippen molar-refractivity contribution in [1.29, 1.82) is 0 Å². The van der Waals surface area contributed by atoms with Crippen molar-refractivity contribution in [1.82, 2.24) is 4.90 Å². The number of carbonyl (C=O) groups is 1. The maximum atomic E-state index is 11.4. The average Bonchev–Trinajstić information content (AvgIpc) is 3.14. The summed E-state index contributed by atoms with van der Waals surface area (Å²) in [5.74, 6) is 2.50. The number of nitrogens with zero attached hydrogens (tertiary/aromatic N) is 1. The second kappa shape index (κ2) is 10.4. The van der Waals surface area contributed by atoms with Gasteiger partial charge in [0.2, 0.25) is 0 Å². The molecule has 1 heterocycles. The standard InChI is InChI=1S/C14H21N.C11H12O3/c1-2-13-8-10-15(11-9-13)12-14-6-4-3-5-7-14;1-13-10-5-7-3-4-9(12)8(7)6-11(10)14-2/h3-7,13H,2,8-12H2,1H3;5-6H,3-4H2,1-2H3. The van der Waals surface area contributed by atoms with E-state index in [1.165, 1.54) is 37.9 Å². The SMILES string of the molecule is CCC1CCN(Cc2ccccc2)CC1.COc1cc2c(cc1OC)C(=O)CC2. The number of hydrogen-bond acceptors (Lipinski definition) is 4.